The summed E-state index contributed by atoms with van der Waals surface area (Å²) < 4.78 is 15.9. The van der Waals surface area contributed by atoms with Gasteiger partial charge in [0, 0.05) is 12.2 Å². The maximum absolute atomic E-state index is 13.1. The highest BCUT2D eigenvalue weighted by Crippen LogP contribution is 2.43. The van der Waals surface area contributed by atoms with Gasteiger partial charge in [0.15, 0.2) is 0 Å². The lowest BCUT2D eigenvalue weighted by Crippen LogP contribution is -2.40. The number of hydrogen-bond donors (Lipinski definition) is 3. The Morgan fingerprint density at radius 1 is 1.25 bits per heavy atom. The first-order valence-corrected chi connectivity index (χ1v) is 10.7. The Hall–Kier alpha value is -2.10. The van der Waals surface area contributed by atoms with Gasteiger partial charge < -0.3 is 30.4 Å². The molecule has 4 N–H and O–H groups in total. The molecule has 1 aromatic carbocycles. The summed E-state index contributed by atoms with van der Waals surface area (Å²) in [6, 6.07) is 4.96. The second-order valence-corrected chi connectivity index (χ2v) is 8.32. The fourth-order valence-electron chi connectivity index (χ4n) is 3.33. The third-order valence-electron chi connectivity index (χ3n) is 4.94. The molecule has 0 fully saturated rings. The van der Waals surface area contributed by atoms with E-state index in [2.05, 4.69) is 5.32 Å². The Bertz CT molecular complexity index is 942. The number of methoxy groups -OCH3 is 1. The van der Waals surface area contributed by atoms with Crippen molar-refractivity contribution in [1.29, 1.82) is 0 Å². The minimum Gasteiger partial charge on any atom is -0.466 e. The lowest BCUT2D eigenvalue weighted by Gasteiger charge is -2.32. The number of ether oxygens (including phenoxy) is 3. The minimum absolute atomic E-state index is 0.00359. The molecule has 0 amide bonds. The Morgan fingerprint density at radius 3 is 2.53 bits per heavy atom. The van der Waals surface area contributed by atoms with Crippen LogP contribution in [0.3, 0.4) is 0 Å². The van der Waals surface area contributed by atoms with Gasteiger partial charge in [0.05, 0.1) is 65.3 Å². The van der Waals surface area contributed by atoms with E-state index in [1.54, 1.807) is 32.0 Å². The number of halogens is 2. The number of benzene rings is 1. The number of dihydropyridines is 1. The zero-order valence-electron chi connectivity index (χ0n) is 18.5. The Balaban J connectivity index is 2.66. The lowest BCUT2D eigenvalue weighted by molar-refractivity contribution is -0.139. The Kier molecular flexibility index (Phi) is 9.12. The molecule has 1 aliphatic rings. The Labute approximate surface area is 197 Å². The third kappa shape index (κ3) is 5.82. The topological polar surface area (TPSA) is 120 Å². The van der Waals surface area contributed by atoms with Crippen LogP contribution in [0.4, 0.5) is 0 Å². The van der Waals surface area contributed by atoms with E-state index in [4.69, 9.17) is 43.1 Å². The molecule has 1 heterocycles. The minimum atomic E-state index is -1.24. The number of nitrogens with two attached hydrogens (primary N) is 1. The fraction of sp³-hybridized carbons (Fsp3) is 0.455. The second-order valence-electron chi connectivity index (χ2n) is 7.54. The van der Waals surface area contributed by atoms with Crippen LogP contribution >= 0.6 is 23.2 Å². The van der Waals surface area contributed by atoms with E-state index < -0.39 is 23.5 Å². The summed E-state index contributed by atoms with van der Waals surface area (Å²) in [7, 11) is 1.25. The number of carbonyl (C=O) groups is 2. The van der Waals surface area contributed by atoms with Crippen LogP contribution in [0.1, 0.15) is 32.3 Å². The molecule has 1 aliphatic heterocycles. The van der Waals surface area contributed by atoms with Gasteiger partial charge in [0.1, 0.15) is 0 Å². The molecule has 1 aromatic rings. The molecule has 2 atom stereocenters. The van der Waals surface area contributed by atoms with Crippen LogP contribution in [0.25, 0.3) is 0 Å². The van der Waals surface area contributed by atoms with Crippen LogP contribution in [0.2, 0.25) is 10.0 Å². The number of hydrogen-bond acceptors (Lipinski definition) is 8. The lowest BCUT2D eigenvalue weighted by atomic mass is 9.80. The van der Waals surface area contributed by atoms with E-state index in [1.807, 2.05) is 0 Å². The first-order valence-electron chi connectivity index (χ1n) is 9.98. The van der Waals surface area contributed by atoms with Gasteiger partial charge in [0.2, 0.25) is 0 Å². The fourth-order valence-corrected chi connectivity index (χ4v) is 3.74. The van der Waals surface area contributed by atoms with E-state index in [0.29, 0.717) is 17.0 Å². The van der Waals surface area contributed by atoms with Crippen molar-refractivity contribution < 1.29 is 28.9 Å². The summed E-state index contributed by atoms with van der Waals surface area (Å²) in [6.45, 7) is 4.85. The van der Waals surface area contributed by atoms with Crippen LogP contribution in [-0.4, -0.2) is 56.1 Å². The maximum Gasteiger partial charge on any atom is 0.336 e. The van der Waals surface area contributed by atoms with E-state index in [1.165, 1.54) is 14.0 Å². The van der Waals surface area contributed by atoms with E-state index in [0.717, 1.165) is 0 Å². The van der Waals surface area contributed by atoms with Crippen LogP contribution in [-0.2, 0) is 23.8 Å². The smallest absolute Gasteiger partial charge is 0.336 e. The normalized spacial score (nSPS) is 18.2. The first kappa shape index (κ1) is 26.2. The molecular formula is C22H28Cl2N2O6. The van der Waals surface area contributed by atoms with Crippen LogP contribution in [0.5, 0.6) is 0 Å². The molecule has 0 aromatic heterocycles. The van der Waals surface area contributed by atoms with Gasteiger partial charge in [-0.25, -0.2) is 9.59 Å². The molecule has 0 bridgehead atoms. The van der Waals surface area contributed by atoms with Crippen LogP contribution in [0, 0.1) is 0 Å². The monoisotopic (exact) mass is 486 g/mol. The average molecular weight is 487 g/mol. The van der Waals surface area contributed by atoms with Gasteiger partial charge >= 0.3 is 11.9 Å². The first-order chi connectivity index (χ1) is 15.1. The molecular weight excluding hydrogens is 459 g/mol. The number of allylic oxidation sites excluding steroid dienone is 1. The summed E-state index contributed by atoms with van der Waals surface area (Å²) in [6.07, 6.45) is 0. The van der Waals surface area contributed by atoms with Crippen molar-refractivity contribution in [2.75, 3.05) is 33.5 Å². The van der Waals surface area contributed by atoms with Gasteiger partial charge in [0.25, 0.3) is 0 Å². The molecule has 10 heteroatoms. The molecule has 0 saturated heterocycles. The van der Waals surface area contributed by atoms with Crippen molar-refractivity contribution in [2.45, 2.75) is 32.3 Å². The van der Waals surface area contributed by atoms with Gasteiger partial charge in [-0.1, -0.05) is 35.3 Å². The van der Waals surface area contributed by atoms with Gasteiger partial charge in [-0.3, -0.25) is 0 Å². The molecule has 0 aliphatic carbocycles. The highest BCUT2D eigenvalue weighted by atomic mass is 35.5. The summed E-state index contributed by atoms with van der Waals surface area (Å²) in [5, 5.41) is 13.6. The van der Waals surface area contributed by atoms with Crippen molar-refractivity contribution in [3.63, 3.8) is 0 Å². The van der Waals surface area contributed by atoms with Gasteiger partial charge in [-0.2, -0.15) is 0 Å². The highest BCUT2D eigenvalue weighted by molar-refractivity contribution is 6.42. The quantitative estimate of drug-likeness (QED) is 0.455. The molecule has 32 heavy (non-hydrogen) atoms. The largest absolute Gasteiger partial charge is 0.466 e. The van der Waals surface area contributed by atoms with Crippen LogP contribution < -0.4 is 11.1 Å². The summed E-state index contributed by atoms with van der Waals surface area (Å²) >= 11 is 12.7. The zero-order chi connectivity index (χ0) is 24.1. The molecule has 2 unspecified atom stereocenters. The SMILES string of the molecule is CCOC(=O)C1=C(COCC(C)(O)CN)NC(C)=C(C(=O)OC)C1c1cccc(Cl)c1Cl. The molecule has 8 nitrogen and oxygen atoms in total. The molecule has 0 radical (unpaired) electrons. The molecule has 2 rings (SSSR count). The highest BCUT2D eigenvalue weighted by Gasteiger charge is 2.40. The predicted molar refractivity (Wildman–Crippen MR) is 121 cm³/mol. The van der Waals surface area contributed by atoms with Crippen molar-refractivity contribution >= 4 is 35.1 Å². The number of carbonyl (C=O) groups excluding carboxylic acids is 2. The summed E-state index contributed by atoms with van der Waals surface area (Å²) in [5.74, 6) is -2.20. The predicted octanol–water partition coefficient (Wildman–Crippen LogP) is 2.67. The number of esters is 2. The third-order valence-corrected chi connectivity index (χ3v) is 5.77. The summed E-state index contributed by atoms with van der Waals surface area (Å²) in [4.78, 5) is 25.8. The van der Waals surface area contributed by atoms with Crippen molar-refractivity contribution in [3.8, 4) is 0 Å². The number of rotatable bonds is 9. The van der Waals surface area contributed by atoms with Crippen molar-refractivity contribution in [1.82, 2.24) is 5.32 Å². The second kappa shape index (κ2) is 11.2. The van der Waals surface area contributed by atoms with E-state index in [9.17, 15) is 14.7 Å². The van der Waals surface area contributed by atoms with Gasteiger partial charge in [-0.15, -0.1) is 0 Å². The van der Waals surface area contributed by atoms with Crippen molar-refractivity contribution in [3.05, 3.63) is 56.3 Å². The van der Waals surface area contributed by atoms with E-state index in [-0.39, 0.29) is 47.6 Å². The summed E-state index contributed by atoms with van der Waals surface area (Å²) in [5.41, 5.74) is 5.88. The maximum atomic E-state index is 13.1. The zero-order valence-corrected chi connectivity index (χ0v) is 20.0. The molecule has 0 spiro atoms. The molecule has 0 saturated carbocycles. The van der Waals surface area contributed by atoms with Crippen LogP contribution in [0.15, 0.2) is 40.7 Å². The number of aliphatic hydroxyl groups is 1. The number of nitrogens with one attached hydrogen (secondary N) is 1. The molecule has 176 valence electrons. The van der Waals surface area contributed by atoms with Crippen molar-refractivity contribution in [2.24, 2.45) is 5.73 Å². The standard InChI is InChI=1S/C22H28Cl2N2O6/c1-5-32-21(28)18-15(9-31-11-22(3,29)10-25)26-12(2)16(20(27)30-4)17(18)13-7-6-8-14(23)19(13)24/h6-8,17,26,29H,5,9-11,25H2,1-4H3. The average Bonchev–Trinajstić information content (AvgIpc) is 2.74. The Morgan fingerprint density at radius 2 is 1.94 bits per heavy atom. The van der Waals surface area contributed by atoms with E-state index >= 15 is 0 Å². The van der Waals surface area contributed by atoms with Gasteiger partial charge in [-0.05, 0) is 32.4 Å².